The fourth-order valence-electron chi connectivity index (χ4n) is 5.94. The number of fused-ring (bicyclic) bond motifs is 8. The number of ketones is 1. The number of hydrogen-bond donors (Lipinski definition) is 1. The third kappa shape index (κ3) is 3.37. The molecule has 179 valence electrons. The fraction of sp³-hybridized carbons (Fsp3) is 0.370. The van der Waals surface area contributed by atoms with Crippen LogP contribution >= 0.6 is 0 Å². The molecular weight excluding hydrogens is 605 g/mol. The van der Waals surface area contributed by atoms with Gasteiger partial charge in [-0.05, 0) is 66.4 Å². The predicted octanol–water partition coefficient (Wildman–Crippen LogP) is 5.74. The Labute approximate surface area is 212 Å². The summed E-state index contributed by atoms with van der Waals surface area (Å²) in [6.45, 7) is 10.0. The molecule has 6 rings (SSSR count). The maximum atomic E-state index is 10.0. The number of aliphatic hydroxyl groups excluding tert-OH is 1. The largest absolute Gasteiger partial charge is 0.512 e. The predicted molar refractivity (Wildman–Crippen MR) is 130 cm³/mol. The van der Waals surface area contributed by atoms with E-state index in [0.29, 0.717) is 5.92 Å². The molecule has 2 unspecified atom stereocenters. The van der Waals surface area contributed by atoms with Gasteiger partial charge in [-0.3, -0.25) is 14.9 Å². The van der Waals surface area contributed by atoms with Gasteiger partial charge in [0, 0.05) is 48.9 Å². The molecule has 1 aromatic carbocycles. The third-order valence-corrected chi connectivity index (χ3v) is 7.90. The zero-order chi connectivity index (χ0) is 23.5. The Morgan fingerprint density at radius 3 is 2.53 bits per heavy atom. The van der Waals surface area contributed by atoms with Gasteiger partial charge in [0.2, 0.25) is 0 Å². The average Bonchev–Trinajstić information content (AvgIpc) is 3.43. The number of aliphatic hydroxyl groups is 1. The number of rotatable bonds is 2. The number of nitrogens with zero attached hydrogens (tertiary/aromatic N) is 4. The van der Waals surface area contributed by atoms with Crippen molar-refractivity contribution < 1.29 is 30.0 Å². The number of pyridine rings is 1. The molecule has 34 heavy (non-hydrogen) atoms. The van der Waals surface area contributed by atoms with Gasteiger partial charge in [0.25, 0.3) is 0 Å². The number of carbonyl (C=O) groups is 1. The van der Waals surface area contributed by atoms with Crippen molar-refractivity contribution in [1.29, 1.82) is 0 Å². The van der Waals surface area contributed by atoms with Gasteiger partial charge in [-0.1, -0.05) is 51.1 Å². The summed E-state index contributed by atoms with van der Waals surface area (Å²) in [5.74, 6) is 1.45. The minimum absolute atomic E-state index is 0. The van der Waals surface area contributed by atoms with E-state index in [9.17, 15) is 4.79 Å². The Bertz CT molecular complexity index is 1370. The summed E-state index contributed by atoms with van der Waals surface area (Å²) >= 11 is 0. The first-order valence-electron chi connectivity index (χ1n) is 11.4. The van der Waals surface area contributed by atoms with Crippen LogP contribution in [0.15, 0.2) is 54.4 Å². The SMILES string of the molecule is CC(=O)/C=C(/C)O.CC12CCC(c3c1n[n-]c3-n1c3ccccc3c3cccnc31)C2(C)C.[Ir]. The first-order chi connectivity index (χ1) is 15.7. The Morgan fingerprint density at radius 2 is 1.85 bits per heavy atom. The molecule has 3 heterocycles. The normalized spacial score (nSPS) is 22.3. The van der Waals surface area contributed by atoms with Gasteiger partial charge in [0.15, 0.2) is 5.78 Å². The van der Waals surface area contributed by atoms with Crippen LogP contribution in [-0.4, -0.2) is 25.5 Å². The number of carbonyl (C=O) groups excluding carboxylic acids is 1. The van der Waals surface area contributed by atoms with Crippen LogP contribution in [0.4, 0.5) is 0 Å². The first-order valence-corrected chi connectivity index (χ1v) is 11.4. The summed E-state index contributed by atoms with van der Waals surface area (Å²) in [5.41, 5.74) is 5.07. The van der Waals surface area contributed by atoms with Crippen LogP contribution < -0.4 is 5.10 Å². The molecule has 4 aromatic rings. The molecule has 1 radical (unpaired) electrons. The van der Waals surface area contributed by atoms with Crippen molar-refractivity contribution in [2.45, 2.75) is 58.8 Å². The zero-order valence-corrected chi connectivity index (χ0v) is 22.5. The molecule has 3 aromatic heterocycles. The second-order valence-corrected chi connectivity index (χ2v) is 10.1. The molecule has 1 N–H and O–H groups in total. The van der Waals surface area contributed by atoms with E-state index >= 15 is 0 Å². The molecule has 1 saturated carbocycles. The maximum absolute atomic E-state index is 10.0. The van der Waals surface area contributed by atoms with Gasteiger partial charge < -0.3 is 14.8 Å². The Balaban J connectivity index is 0.000000303. The molecule has 1 fully saturated rings. The van der Waals surface area contributed by atoms with Gasteiger partial charge in [0.1, 0.15) is 0 Å². The quantitative estimate of drug-likeness (QED) is 0.225. The Morgan fingerprint density at radius 1 is 1.15 bits per heavy atom. The molecule has 2 atom stereocenters. The summed E-state index contributed by atoms with van der Waals surface area (Å²) in [7, 11) is 0. The van der Waals surface area contributed by atoms with Crippen LogP contribution in [0.5, 0.6) is 0 Å². The minimum Gasteiger partial charge on any atom is -0.512 e. The van der Waals surface area contributed by atoms with Crippen LogP contribution in [0.3, 0.4) is 0 Å². The van der Waals surface area contributed by atoms with Crippen molar-refractivity contribution in [3.8, 4) is 5.82 Å². The zero-order valence-electron chi connectivity index (χ0n) is 20.1. The number of para-hydroxylation sites is 1. The number of allylic oxidation sites excluding steroid dienone is 2. The van der Waals surface area contributed by atoms with E-state index in [4.69, 9.17) is 20.3 Å². The minimum atomic E-state index is -0.125. The second-order valence-electron chi connectivity index (χ2n) is 10.1. The van der Waals surface area contributed by atoms with Gasteiger partial charge >= 0.3 is 0 Å². The molecule has 2 bridgehead atoms. The van der Waals surface area contributed by atoms with E-state index in [1.165, 1.54) is 54.8 Å². The van der Waals surface area contributed by atoms with Crippen molar-refractivity contribution in [3.63, 3.8) is 0 Å². The van der Waals surface area contributed by atoms with E-state index in [-0.39, 0.29) is 42.5 Å². The summed E-state index contributed by atoms with van der Waals surface area (Å²) in [6, 6.07) is 12.7. The van der Waals surface area contributed by atoms with Crippen LogP contribution in [0.1, 0.15) is 64.6 Å². The number of aromatic nitrogens is 4. The molecule has 2 aliphatic rings. The van der Waals surface area contributed by atoms with E-state index in [1.807, 2.05) is 12.3 Å². The molecule has 0 saturated heterocycles. The van der Waals surface area contributed by atoms with Crippen LogP contribution in [0.2, 0.25) is 0 Å². The van der Waals surface area contributed by atoms with Crippen molar-refractivity contribution in [2.75, 3.05) is 0 Å². The summed E-state index contributed by atoms with van der Waals surface area (Å²) in [4.78, 5) is 14.7. The molecular formula is C27H29IrN4O2-. The number of hydrogen-bond acceptors (Lipinski definition) is 4. The van der Waals surface area contributed by atoms with E-state index in [1.54, 1.807) is 0 Å². The monoisotopic (exact) mass is 634 g/mol. The average molecular weight is 634 g/mol. The second kappa shape index (κ2) is 8.47. The molecule has 6 nitrogen and oxygen atoms in total. The Hall–Kier alpha value is -2.76. The van der Waals surface area contributed by atoms with Crippen LogP contribution in [0.25, 0.3) is 27.8 Å². The van der Waals surface area contributed by atoms with Gasteiger partial charge in [-0.25, -0.2) is 0 Å². The van der Waals surface area contributed by atoms with E-state index in [2.05, 4.69) is 55.7 Å². The van der Waals surface area contributed by atoms with Crippen LogP contribution in [-0.2, 0) is 30.3 Å². The molecule has 0 aliphatic heterocycles. The molecule has 2 aliphatic carbocycles. The van der Waals surface area contributed by atoms with Gasteiger partial charge in [0.05, 0.1) is 11.4 Å². The van der Waals surface area contributed by atoms with Crippen molar-refractivity contribution in [1.82, 2.24) is 19.7 Å². The van der Waals surface area contributed by atoms with Gasteiger partial charge in [-0.2, -0.15) is 0 Å². The number of benzene rings is 1. The maximum Gasteiger partial charge on any atom is 0.155 e. The summed E-state index contributed by atoms with van der Waals surface area (Å²) in [6.07, 6.45) is 5.47. The van der Waals surface area contributed by atoms with E-state index < -0.39 is 0 Å². The van der Waals surface area contributed by atoms with E-state index in [0.717, 1.165) is 17.0 Å². The molecule has 0 amide bonds. The third-order valence-electron chi connectivity index (χ3n) is 7.90. The van der Waals surface area contributed by atoms with Gasteiger partial charge in [-0.15, -0.1) is 0 Å². The summed E-state index contributed by atoms with van der Waals surface area (Å²) < 4.78 is 2.23. The van der Waals surface area contributed by atoms with Crippen molar-refractivity contribution in [3.05, 3.63) is 65.7 Å². The Kier molecular flexibility index (Phi) is 6.07. The van der Waals surface area contributed by atoms with Crippen molar-refractivity contribution >= 4 is 27.7 Å². The topological polar surface area (TPSA) is 82.1 Å². The molecule has 7 heteroatoms. The molecule has 0 spiro atoms. The first kappa shape index (κ1) is 24.4. The summed E-state index contributed by atoms with van der Waals surface area (Å²) in [5, 5.41) is 20.2. The smallest absolute Gasteiger partial charge is 0.155 e. The van der Waals surface area contributed by atoms with Crippen molar-refractivity contribution in [2.24, 2.45) is 5.41 Å². The standard InChI is InChI=1S/C22H21N4.C5H8O2.Ir/c1-21(2)15-10-11-22(21,3)18-17(15)20(25-24-18)26-16-9-5-4-7-13(16)14-8-6-12-23-19(14)26;1-4(6)3-5(2)7;/h4-9,12,15H,10-11H2,1-3H3;3,6H,1-2H3;/q-1;;/b;4-3-;. The fourth-order valence-corrected chi connectivity index (χ4v) is 5.94. The van der Waals surface area contributed by atoms with Crippen LogP contribution in [0, 0.1) is 5.41 Å².